The van der Waals surface area contributed by atoms with Crippen molar-refractivity contribution in [3.8, 4) is 11.5 Å². The highest BCUT2D eigenvalue weighted by atomic mass is 16.5. The molecular formula is C27H33NO4. The molecule has 2 aromatic rings. The molecule has 0 atom stereocenters. The van der Waals surface area contributed by atoms with Gasteiger partial charge in [-0.1, -0.05) is 38.1 Å². The van der Waals surface area contributed by atoms with E-state index in [9.17, 15) is 9.59 Å². The van der Waals surface area contributed by atoms with Crippen LogP contribution in [0.4, 0.5) is 0 Å². The summed E-state index contributed by atoms with van der Waals surface area (Å²) < 4.78 is 12.0. The second-order valence-electron chi connectivity index (χ2n) is 7.63. The summed E-state index contributed by atoms with van der Waals surface area (Å²) in [5.41, 5.74) is 2.79. The van der Waals surface area contributed by atoms with Gasteiger partial charge in [0.25, 0.3) is 5.91 Å². The molecule has 1 amide bonds. The lowest BCUT2D eigenvalue weighted by atomic mass is 10.0. The Labute approximate surface area is 191 Å². The largest absolute Gasteiger partial charge is 0.493 e. The van der Waals surface area contributed by atoms with Crippen molar-refractivity contribution in [2.75, 3.05) is 27.3 Å². The second-order valence-corrected chi connectivity index (χ2v) is 7.63. The molecule has 0 spiro atoms. The summed E-state index contributed by atoms with van der Waals surface area (Å²) in [6.07, 6.45) is 7.50. The maximum absolute atomic E-state index is 12.8. The predicted octanol–water partition coefficient (Wildman–Crippen LogP) is 5.59. The van der Waals surface area contributed by atoms with E-state index < -0.39 is 0 Å². The molecule has 0 unspecified atom stereocenters. The molecule has 0 aliphatic carbocycles. The van der Waals surface area contributed by atoms with Crippen LogP contribution in [-0.4, -0.2) is 43.9 Å². The minimum Gasteiger partial charge on any atom is -0.493 e. The van der Waals surface area contributed by atoms with Crippen LogP contribution in [-0.2, 0) is 6.42 Å². The zero-order chi connectivity index (χ0) is 23.5. The van der Waals surface area contributed by atoms with Gasteiger partial charge in [-0.2, -0.15) is 0 Å². The third-order valence-corrected chi connectivity index (χ3v) is 4.74. The fourth-order valence-electron chi connectivity index (χ4n) is 3.10. The molecule has 0 radical (unpaired) electrons. The number of carbonyl (C=O) groups excluding carboxylic acids is 2. The smallest absolute Gasteiger partial charge is 0.253 e. The van der Waals surface area contributed by atoms with Crippen LogP contribution in [0.1, 0.15) is 58.5 Å². The zero-order valence-corrected chi connectivity index (χ0v) is 19.5. The molecule has 2 aromatic carbocycles. The normalized spacial score (nSPS) is 10.8. The van der Waals surface area contributed by atoms with Crippen molar-refractivity contribution >= 4 is 17.8 Å². The van der Waals surface area contributed by atoms with E-state index in [0.717, 1.165) is 29.7 Å². The molecule has 0 aliphatic heterocycles. The molecule has 0 fully saturated rings. The molecule has 5 nitrogen and oxygen atoms in total. The Morgan fingerprint density at radius 1 is 0.938 bits per heavy atom. The Kier molecular flexibility index (Phi) is 9.74. The number of allylic oxidation sites excluding steroid dienone is 2. The molecule has 5 heteroatoms. The highest BCUT2D eigenvalue weighted by molar-refractivity contribution is 6.07. The van der Waals surface area contributed by atoms with Crippen molar-refractivity contribution in [1.29, 1.82) is 0 Å². The quantitative estimate of drug-likeness (QED) is 0.248. The Balaban J connectivity index is 2.38. The van der Waals surface area contributed by atoms with Crippen molar-refractivity contribution in [1.82, 2.24) is 4.90 Å². The summed E-state index contributed by atoms with van der Waals surface area (Å²) in [7, 11) is 3.39. The van der Waals surface area contributed by atoms with Crippen LogP contribution in [0.2, 0.25) is 0 Å². The standard InChI is InChI=1S/C27H33NO4/c1-6-9-21-14-17-25(31-18-7-2)23(26(21)32-19-8-3)15-16-24(29)20-10-12-22(13-11-20)27(30)28(4)5/h6,10-17H,1,7-9,18-19H2,2-5H3/b16-15+. The molecule has 0 bridgehead atoms. The lowest BCUT2D eigenvalue weighted by molar-refractivity contribution is 0.0827. The molecule has 0 saturated carbocycles. The van der Waals surface area contributed by atoms with Gasteiger partial charge in [-0.05, 0) is 55.2 Å². The molecule has 0 heterocycles. The predicted molar refractivity (Wildman–Crippen MR) is 130 cm³/mol. The second kappa shape index (κ2) is 12.5. The first-order chi connectivity index (χ1) is 15.4. The fraction of sp³-hybridized carbons (Fsp3) is 0.333. The molecule has 0 N–H and O–H groups in total. The highest BCUT2D eigenvalue weighted by Gasteiger charge is 2.15. The molecule has 2 rings (SSSR count). The van der Waals surface area contributed by atoms with Crippen molar-refractivity contribution in [2.45, 2.75) is 33.1 Å². The maximum atomic E-state index is 12.8. The third kappa shape index (κ3) is 6.58. The monoisotopic (exact) mass is 435 g/mol. The van der Waals surface area contributed by atoms with Crippen molar-refractivity contribution in [2.24, 2.45) is 0 Å². The molecule has 0 saturated heterocycles. The van der Waals surface area contributed by atoms with Crippen LogP contribution >= 0.6 is 0 Å². The molecule has 32 heavy (non-hydrogen) atoms. The van der Waals surface area contributed by atoms with Gasteiger partial charge >= 0.3 is 0 Å². The lowest BCUT2D eigenvalue weighted by Gasteiger charge is -2.17. The first-order valence-corrected chi connectivity index (χ1v) is 11.0. The number of nitrogens with zero attached hydrogens (tertiary/aromatic N) is 1. The summed E-state index contributed by atoms with van der Waals surface area (Å²) >= 11 is 0. The number of amides is 1. The van der Waals surface area contributed by atoms with E-state index >= 15 is 0 Å². The van der Waals surface area contributed by atoms with Gasteiger partial charge in [-0.25, -0.2) is 0 Å². The summed E-state index contributed by atoms with van der Waals surface area (Å²) in [5.74, 6) is 1.14. The molecule has 170 valence electrons. The van der Waals surface area contributed by atoms with Crippen LogP contribution in [0, 0.1) is 0 Å². The minimum absolute atomic E-state index is 0.103. The van der Waals surface area contributed by atoms with Crippen molar-refractivity contribution < 1.29 is 19.1 Å². The third-order valence-electron chi connectivity index (χ3n) is 4.74. The minimum atomic E-state index is -0.161. The number of ketones is 1. The number of hydrogen-bond donors (Lipinski definition) is 0. The molecular weight excluding hydrogens is 402 g/mol. The van der Waals surface area contributed by atoms with Gasteiger partial charge < -0.3 is 14.4 Å². The van der Waals surface area contributed by atoms with Gasteiger partial charge in [0, 0.05) is 25.2 Å². The van der Waals surface area contributed by atoms with E-state index in [1.54, 1.807) is 44.4 Å². The van der Waals surface area contributed by atoms with E-state index in [-0.39, 0.29) is 11.7 Å². The van der Waals surface area contributed by atoms with Crippen molar-refractivity contribution in [3.63, 3.8) is 0 Å². The first-order valence-electron chi connectivity index (χ1n) is 11.0. The Morgan fingerprint density at radius 2 is 1.56 bits per heavy atom. The average molecular weight is 436 g/mol. The fourth-order valence-corrected chi connectivity index (χ4v) is 3.10. The van der Waals surface area contributed by atoms with Gasteiger partial charge in [0.15, 0.2) is 5.78 Å². The first kappa shape index (κ1) is 24.9. The number of hydrogen-bond acceptors (Lipinski definition) is 4. The van der Waals surface area contributed by atoms with E-state index in [0.29, 0.717) is 36.5 Å². The Hall–Kier alpha value is -3.34. The number of ether oxygens (including phenoxy) is 2. The summed E-state index contributed by atoms with van der Waals surface area (Å²) in [5, 5.41) is 0. The van der Waals surface area contributed by atoms with Gasteiger partial charge in [0.2, 0.25) is 0 Å². The number of carbonyl (C=O) groups is 2. The van der Waals surface area contributed by atoms with Crippen LogP contribution in [0.3, 0.4) is 0 Å². The van der Waals surface area contributed by atoms with Crippen molar-refractivity contribution in [3.05, 3.63) is 77.4 Å². The van der Waals surface area contributed by atoms with E-state index in [1.165, 1.54) is 11.0 Å². The zero-order valence-electron chi connectivity index (χ0n) is 19.5. The van der Waals surface area contributed by atoms with Gasteiger partial charge in [0.1, 0.15) is 11.5 Å². The lowest BCUT2D eigenvalue weighted by Crippen LogP contribution is -2.21. The topological polar surface area (TPSA) is 55.8 Å². The Bertz CT molecular complexity index is 958. The van der Waals surface area contributed by atoms with Crippen LogP contribution in [0.15, 0.2) is 55.1 Å². The number of rotatable bonds is 12. The molecule has 0 aliphatic rings. The van der Waals surface area contributed by atoms with E-state index in [4.69, 9.17) is 9.47 Å². The van der Waals surface area contributed by atoms with Crippen LogP contribution < -0.4 is 9.47 Å². The average Bonchev–Trinajstić information content (AvgIpc) is 2.80. The summed E-state index contributed by atoms with van der Waals surface area (Å²) in [6, 6.07) is 10.6. The summed E-state index contributed by atoms with van der Waals surface area (Å²) in [6.45, 7) is 9.07. The summed E-state index contributed by atoms with van der Waals surface area (Å²) in [4.78, 5) is 26.4. The van der Waals surface area contributed by atoms with Gasteiger partial charge in [-0.15, -0.1) is 6.58 Å². The van der Waals surface area contributed by atoms with Gasteiger partial charge in [-0.3, -0.25) is 9.59 Å². The number of benzene rings is 2. The SMILES string of the molecule is C=CCc1ccc(OCCC)c(/C=C/C(=O)c2ccc(C(=O)N(C)C)cc2)c1OCCC. The van der Waals surface area contributed by atoms with Gasteiger partial charge in [0.05, 0.1) is 18.8 Å². The highest BCUT2D eigenvalue weighted by Crippen LogP contribution is 2.35. The van der Waals surface area contributed by atoms with E-state index in [2.05, 4.69) is 6.58 Å². The Morgan fingerprint density at radius 3 is 2.16 bits per heavy atom. The maximum Gasteiger partial charge on any atom is 0.253 e. The molecule has 0 aromatic heterocycles. The van der Waals surface area contributed by atoms with Crippen LogP contribution in [0.5, 0.6) is 11.5 Å². The van der Waals surface area contributed by atoms with E-state index in [1.807, 2.05) is 32.1 Å². The van der Waals surface area contributed by atoms with Crippen LogP contribution in [0.25, 0.3) is 6.08 Å².